The molecule has 0 amide bonds. The molecule has 0 N–H and O–H groups in total. The average Bonchev–Trinajstić information content (AvgIpc) is 2.04. The molecule has 2 atom stereocenters. The molecule has 11 heavy (non-hydrogen) atoms. The van der Waals surface area contributed by atoms with Gasteiger partial charge in [-0.05, 0) is 12.8 Å². The highest BCUT2D eigenvalue weighted by Crippen LogP contribution is 2.15. The molecule has 1 heterocycles. The molecule has 1 aliphatic rings. The van der Waals surface area contributed by atoms with Crippen molar-refractivity contribution in [2.75, 3.05) is 5.75 Å². The third-order valence-corrected chi connectivity index (χ3v) is 3.61. The van der Waals surface area contributed by atoms with Gasteiger partial charge in [0.25, 0.3) is 0 Å². The largest absolute Gasteiger partial charge is 0.295 e. The molecule has 0 spiro atoms. The number of rotatable bonds is 2. The van der Waals surface area contributed by atoms with Gasteiger partial charge in [-0.2, -0.15) is 0 Å². The third-order valence-electron chi connectivity index (χ3n) is 1.81. The summed E-state index contributed by atoms with van der Waals surface area (Å²) >= 11 is 0. The number of carbonyl (C=O) groups excluding carboxylic acids is 2. The highest BCUT2D eigenvalue weighted by Gasteiger charge is 2.26. The van der Waals surface area contributed by atoms with E-state index >= 15 is 0 Å². The van der Waals surface area contributed by atoms with Crippen molar-refractivity contribution in [1.82, 2.24) is 0 Å². The molecule has 0 saturated carbocycles. The maximum atomic E-state index is 11.1. The summed E-state index contributed by atoms with van der Waals surface area (Å²) in [5, 5.41) is -0.499. The van der Waals surface area contributed by atoms with Gasteiger partial charge in [-0.1, -0.05) is 6.42 Å². The topological polar surface area (TPSA) is 51.2 Å². The van der Waals surface area contributed by atoms with Gasteiger partial charge in [0.05, 0.1) is 0 Å². The highest BCUT2D eigenvalue weighted by atomic mass is 32.2. The van der Waals surface area contributed by atoms with Crippen molar-refractivity contribution in [2.45, 2.75) is 24.5 Å². The molecule has 4 heteroatoms. The Hall–Kier alpha value is -0.510. The van der Waals surface area contributed by atoms with Gasteiger partial charge >= 0.3 is 0 Å². The van der Waals surface area contributed by atoms with Crippen molar-refractivity contribution >= 4 is 22.9 Å². The summed E-state index contributed by atoms with van der Waals surface area (Å²) in [6.07, 6.45) is 2.73. The first-order valence-electron chi connectivity index (χ1n) is 3.62. The summed E-state index contributed by atoms with van der Waals surface area (Å²) < 4.78 is 11.1. The fourth-order valence-electron chi connectivity index (χ4n) is 1.20. The van der Waals surface area contributed by atoms with Crippen molar-refractivity contribution in [3.63, 3.8) is 0 Å². The van der Waals surface area contributed by atoms with Crippen molar-refractivity contribution in [3.05, 3.63) is 0 Å². The molecule has 0 aromatic carbocycles. The minimum Gasteiger partial charge on any atom is -0.295 e. The Bertz CT molecular complexity index is 200. The molecule has 0 aromatic heterocycles. The number of Topliss-reactive ketones (excluding diaryl/α,β-unsaturated/α-hetero) is 1. The van der Waals surface area contributed by atoms with Crippen LogP contribution in [0.3, 0.4) is 0 Å². The smallest absolute Gasteiger partial charge is 0.210 e. The van der Waals surface area contributed by atoms with Crippen LogP contribution in [-0.2, 0) is 20.4 Å². The summed E-state index contributed by atoms with van der Waals surface area (Å²) in [5.74, 6) is 0.0765. The maximum Gasteiger partial charge on any atom is 0.210 e. The molecule has 0 aliphatic carbocycles. The van der Waals surface area contributed by atoms with E-state index in [1.165, 1.54) is 0 Å². The molecule has 1 aliphatic heterocycles. The lowest BCUT2D eigenvalue weighted by Crippen LogP contribution is -2.31. The molecular weight excluding hydrogens is 164 g/mol. The number of carbonyl (C=O) groups is 2. The van der Waals surface area contributed by atoms with Crippen molar-refractivity contribution in [3.8, 4) is 0 Å². The Kier molecular flexibility index (Phi) is 2.93. The van der Waals surface area contributed by atoms with Gasteiger partial charge in [0, 0.05) is 16.6 Å². The van der Waals surface area contributed by atoms with E-state index in [9.17, 15) is 13.8 Å². The van der Waals surface area contributed by atoms with Gasteiger partial charge in [-0.3, -0.25) is 13.8 Å². The number of hydrogen-bond acceptors (Lipinski definition) is 3. The lowest BCUT2D eigenvalue weighted by atomic mass is 10.1. The second-order valence-electron chi connectivity index (χ2n) is 2.59. The molecule has 1 rings (SSSR count). The summed E-state index contributed by atoms with van der Waals surface area (Å²) in [5.41, 5.74) is 0. The van der Waals surface area contributed by atoms with Gasteiger partial charge in [-0.25, -0.2) is 0 Å². The third kappa shape index (κ3) is 1.96. The van der Waals surface area contributed by atoms with Crippen molar-refractivity contribution in [1.29, 1.82) is 0 Å². The molecule has 1 fully saturated rings. The Morgan fingerprint density at radius 2 is 2.18 bits per heavy atom. The fourth-order valence-corrected chi connectivity index (χ4v) is 2.71. The van der Waals surface area contributed by atoms with Crippen LogP contribution in [0.15, 0.2) is 0 Å². The van der Waals surface area contributed by atoms with Gasteiger partial charge in [0.2, 0.25) is 5.78 Å². The van der Waals surface area contributed by atoms with Gasteiger partial charge in [-0.15, -0.1) is 0 Å². The highest BCUT2D eigenvalue weighted by molar-refractivity contribution is 7.86. The maximum absolute atomic E-state index is 11.1. The Morgan fingerprint density at radius 1 is 1.45 bits per heavy atom. The van der Waals surface area contributed by atoms with Gasteiger partial charge < -0.3 is 0 Å². The predicted octanol–water partition coefficient (Wildman–Crippen LogP) is 0.0556. The summed E-state index contributed by atoms with van der Waals surface area (Å²) in [6, 6.07) is 0. The first-order chi connectivity index (χ1) is 5.25. The van der Waals surface area contributed by atoms with Crippen molar-refractivity contribution < 1.29 is 13.8 Å². The van der Waals surface area contributed by atoms with E-state index in [1.54, 1.807) is 0 Å². The summed E-state index contributed by atoms with van der Waals surface area (Å²) in [4.78, 5) is 20.9. The van der Waals surface area contributed by atoms with Crippen LogP contribution >= 0.6 is 0 Å². The zero-order chi connectivity index (χ0) is 8.27. The lowest BCUT2D eigenvalue weighted by Gasteiger charge is -2.17. The predicted molar refractivity (Wildman–Crippen MR) is 41.7 cm³/mol. The zero-order valence-corrected chi connectivity index (χ0v) is 6.93. The van der Waals surface area contributed by atoms with Crippen LogP contribution in [0.2, 0.25) is 0 Å². The van der Waals surface area contributed by atoms with E-state index in [0.29, 0.717) is 12.2 Å². The molecule has 0 aromatic rings. The number of ketones is 1. The zero-order valence-electron chi connectivity index (χ0n) is 6.12. The molecule has 3 nitrogen and oxygen atoms in total. The van der Waals surface area contributed by atoms with Crippen LogP contribution in [0.5, 0.6) is 0 Å². The quantitative estimate of drug-likeness (QED) is 0.439. The van der Waals surface area contributed by atoms with Crippen LogP contribution in [0, 0.1) is 0 Å². The van der Waals surface area contributed by atoms with Crippen LogP contribution in [0.1, 0.15) is 19.3 Å². The SMILES string of the molecule is O=CC(=O)C1CCCCS1=O. The van der Waals surface area contributed by atoms with Crippen LogP contribution in [-0.4, -0.2) is 27.3 Å². The monoisotopic (exact) mass is 174 g/mol. The van der Waals surface area contributed by atoms with Gasteiger partial charge in [0.1, 0.15) is 5.25 Å². The Labute approximate surface area is 67.6 Å². The van der Waals surface area contributed by atoms with Crippen LogP contribution < -0.4 is 0 Å². The number of hydrogen-bond donors (Lipinski definition) is 0. The normalized spacial score (nSPS) is 31.3. The van der Waals surface area contributed by atoms with Crippen molar-refractivity contribution in [2.24, 2.45) is 0 Å². The first-order valence-corrected chi connectivity index (χ1v) is 5.00. The Morgan fingerprint density at radius 3 is 2.73 bits per heavy atom. The van der Waals surface area contributed by atoms with E-state index in [0.717, 1.165) is 12.8 Å². The number of aldehydes is 1. The second-order valence-corrected chi connectivity index (χ2v) is 4.33. The minimum atomic E-state index is -1.09. The molecule has 0 radical (unpaired) electrons. The summed E-state index contributed by atoms with van der Waals surface area (Å²) in [7, 11) is -1.09. The molecular formula is C7H10O3S. The van der Waals surface area contributed by atoms with Crippen LogP contribution in [0.4, 0.5) is 0 Å². The van der Waals surface area contributed by atoms with Crippen LogP contribution in [0.25, 0.3) is 0 Å². The molecule has 62 valence electrons. The van der Waals surface area contributed by atoms with E-state index in [1.807, 2.05) is 0 Å². The molecule has 1 saturated heterocycles. The van der Waals surface area contributed by atoms with E-state index in [-0.39, 0.29) is 6.29 Å². The van der Waals surface area contributed by atoms with E-state index in [2.05, 4.69) is 0 Å². The minimum absolute atomic E-state index is 0.286. The standard InChI is InChI=1S/C7H10O3S/c8-5-6(9)7-3-1-2-4-11(7)10/h5,7H,1-4H2. The second kappa shape index (κ2) is 3.76. The lowest BCUT2D eigenvalue weighted by molar-refractivity contribution is -0.129. The molecule has 2 unspecified atom stereocenters. The van der Waals surface area contributed by atoms with Gasteiger partial charge in [0.15, 0.2) is 6.29 Å². The van der Waals surface area contributed by atoms with E-state index < -0.39 is 21.8 Å². The fraction of sp³-hybridized carbons (Fsp3) is 0.714. The van der Waals surface area contributed by atoms with E-state index in [4.69, 9.17) is 0 Å². The Balaban J connectivity index is 2.61. The average molecular weight is 174 g/mol. The summed E-state index contributed by atoms with van der Waals surface area (Å²) in [6.45, 7) is 0. The first kappa shape index (κ1) is 8.59. The molecule has 0 bridgehead atoms.